The highest BCUT2D eigenvalue weighted by Gasteiger charge is 2.23. The summed E-state index contributed by atoms with van der Waals surface area (Å²) in [6.45, 7) is 0. The minimum atomic E-state index is -0.191. The Bertz CT molecular complexity index is 862. The van der Waals surface area contributed by atoms with Crippen LogP contribution in [0, 0.1) is 0 Å². The number of fused-ring (bicyclic) bond motifs is 1. The predicted molar refractivity (Wildman–Crippen MR) is 93.3 cm³/mol. The van der Waals surface area contributed by atoms with Crippen molar-refractivity contribution in [2.45, 2.75) is 17.4 Å². The third kappa shape index (κ3) is 2.92. The van der Waals surface area contributed by atoms with Gasteiger partial charge in [-0.05, 0) is 30.2 Å². The molecule has 3 aromatic rings. The summed E-state index contributed by atoms with van der Waals surface area (Å²) in [5.74, 6) is 0.808. The van der Waals surface area contributed by atoms with Crippen LogP contribution in [0.2, 0.25) is 0 Å². The summed E-state index contributed by atoms with van der Waals surface area (Å²) in [5.41, 5.74) is 2.34. The van der Waals surface area contributed by atoms with Gasteiger partial charge in [-0.1, -0.05) is 36.4 Å². The van der Waals surface area contributed by atoms with Gasteiger partial charge in [-0.15, -0.1) is 16.9 Å². The van der Waals surface area contributed by atoms with Crippen LogP contribution in [-0.4, -0.2) is 26.7 Å². The number of benzene rings is 2. The highest BCUT2D eigenvalue weighted by Crippen LogP contribution is 2.35. The number of carbonyl (C=O) groups excluding carboxylic acids is 1. The van der Waals surface area contributed by atoms with Gasteiger partial charge < -0.3 is 5.32 Å². The molecular weight excluding hydrogens is 320 g/mol. The summed E-state index contributed by atoms with van der Waals surface area (Å²) < 4.78 is 0. The van der Waals surface area contributed by atoms with Crippen LogP contribution < -0.4 is 5.32 Å². The van der Waals surface area contributed by atoms with Gasteiger partial charge >= 0.3 is 0 Å². The van der Waals surface area contributed by atoms with Crippen molar-refractivity contribution < 1.29 is 4.79 Å². The van der Waals surface area contributed by atoms with Crippen LogP contribution in [0.5, 0.6) is 0 Å². The Morgan fingerprint density at radius 2 is 1.92 bits per heavy atom. The van der Waals surface area contributed by atoms with Gasteiger partial charge in [-0.25, -0.2) is 0 Å². The minimum Gasteiger partial charge on any atom is -0.344 e. The number of para-hydroxylation sites is 1. The number of amides is 1. The van der Waals surface area contributed by atoms with Crippen molar-refractivity contribution in [3.05, 3.63) is 72.1 Å². The van der Waals surface area contributed by atoms with Crippen molar-refractivity contribution in [3.8, 4) is 5.69 Å². The second kappa shape index (κ2) is 6.49. The number of nitrogens with one attached hydrogen (secondary N) is 1. The van der Waals surface area contributed by atoms with Crippen LogP contribution in [0.3, 0.4) is 0 Å². The monoisotopic (exact) mass is 336 g/mol. The standard InChI is InChI=1S/C18H16N4OS/c23-18(16-12-19-22(21-16)13-6-2-1-3-7-13)20-15-10-11-24-17-9-5-4-8-14(15)17/h1-9,12,15H,10-11H2,(H,20,23)/t15-/m0/s1. The van der Waals surface area contributed by atoms with Gasteiger partial charge in [0.05, 0.1) is 17.9 Å². The van der Waals surface area contributed by atoms with E-state index in [2.05, 4.69) is 27.6 Å². The van der Waals surface area contributed by atoms with Crippen molar-refractivity contribution in [2.24, 2.45) is 0 Å². The van der Waals surface area contributed by atoms with E-state index in [-0.39, 0.29) is 11.9 Å². The van der Waals surface area contributed by atoms with Crippen molar-refractivity contribution in [3.63, 3.8) is 0 Å². The lowest BCUT2D eigenvalue weighted by Gasteiger charge is -2.25. The largest absolute Gasteiger partial charge is 0.344 e. The summed E-state index contributed by atoms with van der Waals surface area (Å²) in [6, 6.07) is 17.8. The molecule has 0 saturated heterocycles. The lowest BCUT2D eigenvalue weighted by atomic mass is 10.0. The zero-order valence-corrected chi connectivity index (χ0v) is 13.7. The van der Waals surface area contributed by atoms with E-state index in [9.17, 15) is 4.79 Å². The van der Waals surface area contributed by atoms with Crippen LogP contribution in [-0.2, 0) is 0 Å². The Labute approximate surface area is 144 Å². The fourth-order valence-corrected chi connectivity index (χ4v) is 3.90. The Kier molecular flexibility index (Phi) is 4.04. The molecule has 1 amide bonds. The molecule has 4 rings (SSSR count). The van der Waals surface area contributed by atoms with Gasteiger partial charge in [-0.2, -0.15) is 9.90 Å². The maximum atomic E-state index is 12.5. The number of carbonyl (C=O) groups is 1. The van der Waals surface area contributed by atoms with E-state index >= 15 is 0 Å². The zero-order chi connectivity index (χ0) is 16.4. The molecule has 1 N–H and O–H groups in total. The molecule has 1 aromatic heterocycles. The number of hydrogen-bond acceptors (Lipinski definition) is 4. The van der Waals surface area contributed by atoms with Gasteiger partial charge in [0.25, 0.3) is 5.91 Å². The number of aromatic nitrogens is 3. The summed E-state index contributed by atoms with van der Waals surface area (Å²) in [6.07, 6.45) is 2.42. The molecule has 0 saturated carbocycles. The van der Waals surface area contributed by atoms with Crippen LogP contribution >= 0.6 is 11.8 Å². The SMILES string of the molecule is O=C(N[C@H]1CCSc2ccccc21)c1cnn(-c2ccccc2)n1. The summed E-state index contributed by atoms with van der Waals surface area (Å²) in [7, 11) is 0. The molecule has 2 aromatic carbocycles. The minimum absolute atomic E-state index is 0.0248. The molecule has 1 aliphatic heterocycles. The fraction of sp³-hybridized carbons (Fsp3) is 0.167. The van der Waals surface area contributed by atoms with E-state index < -0.39 is 0 Å². The summed E-state index contributed by atoms with van der Waals surface area (Å²) >= 11 is 1.83. The average Bonchev–Trinajstić information content (AvgIpc) is 3.13. The van der Waals surface area contributed by atoms with E-state index in [0.717, 1.165) is 17.9 Å². The summed E-state index contributed by atoms with van der Waals surface area (Å²) in [5, 5.41) is 11.6. The Morgan fingerprint density at radius 3 is 2.79 bits per heavy atom. The van der Waals surface area contributed by atoms with Crippen molar-refractivity contribution in [1.29, 1.82) is 0 Å². The fourth-order valence-electron chi connectivity index (χ4n) is 2.78. The topological polar surface area (TPSA) is 59.8 Å². The Balaban J connectivity index is 1.53. The molecule has 0 radical (unpaired) electrons. The van der Waals surface area contributed by atoms with E-state index in [0.29, 0.717) is 5.69 Å². The molecule has 0 spiro atoms. The average molecular weight is 336 g/mol. The van der Waals surface area contributed by atoms with E-state index in [1.54, 1.807) is 0 Å². The van der Waals surface area contributed by atoms with E-state index in [4.69, 9.17) is 0 Å². The molecular formula is C18H16N4OS. The molecule has 120 valence electrons. The van der Waals surface area contributed by atoms with Gasteiger partial charge in [0.2, 0.25) is 0 Å². The molecule has 0 unspecified atom stereocenters. The maximum Gasteiger partial charge on any atom is 0.273 e. The second-order valence-electron chi connectivity index (χ2n) is 5.56. The van der Waals surface area contributed by atoms with Gasteiger partial charge in [0, 0.05) is 10.6 Å². The lowest BCUT2D eigenvalue weighted by Crippen LogP contribution is -2.31. The van der Waals surface area contributed by atoms with E-state index in [1.165, 1.54) is 21.5 Å². The highest BCUT2D eigenvalue weighted by molar-refractivity contribution is 7.99. The molecule has 0 fully saturated rings. The third-order valence-corrected chi connectivity index (χ3v) is 5.10. The first-order valence-electron chi connectivity index (χ1n) is 7.81. The highest BCUT2D eigenvalue weighted by atomic mass is 32.2. The first-order chi connectivity index (χ1) is 11.8. The number of thioether (sulfide) groups is 1. The Morgan fingerprint density at radius 1 is 1.12 bits per heavy atom. The summed E-state index contributed by atoms with van der Waals surface area (Å²) in [4.78, 5) is 15.2. The van der Waals surface area contributed by atoms with Gasteiger partial charge in [-0.3, -0.25) is 4.79 Å². The first-order valence-corrected chi connectivity index (χ1v) is 8.80. The third-order valence-electron chi connectivity index (χ3n) is 3.98. The van der Waals surface area contributed by atoms with Crippen LogP contribution in [0.25, 0.3) is 5.69 Å². The van der Waals surface area contributed by atoms with Gasteiger partial charge in [0.1, 0.15) is 0 Å². The smallest absolute Gasteiger partial charge is 0.273 e. The number of rotatable bonds is 3. The second-order valence-corrected chi connectivity index (χ2v) is 6.69. The molecule has 2 heterocycles. The number of nitrogens with zero attached hydrogens (tertiary/aromatic N) is 3. The van der Waals surface area contributed by atoms with Crippen molar-refractivity contribution in [1.82, 2.24) is 20.3 Å². The van der Waals surface area contributed by atoms with E-state index in [1.807, 2.05) is 54.2 Å². The van der Waals surface area contributed by atoms with Gasteiger partial charge in [0.15, 0.2) is 5.69 Å². The van der Waals surface area contributed by atoms with Crippen molar-refractivity contribution in [2.75, 3.05) is 5.75 Å². The maximum absolute atomic E-state index is 12.5. The molecule has 0 aliphatic carbocycles. The normalized spacial score (nSPS) is 16.4. The zero-order valence-electron chi connectivity index (χ0n) is 12.9. The Hall–Kier alpha value is -2.60. The first kappa shape index (κ1) is 15.0. The van der Waals surface area contributed by atoms with Crippen LogP contribution in [0.15, 0.2) is 65.7 Å². The quantitative estimate of drug-likeness (QED) is 0.798. The lowest BCUT2D eigenvalue weighted by molar-refractivity contribution is 0.0929. The molecule has 6 heteroatoms. The van der Waals surface area contributed by atoms with Crippen LogP contribution in [0.1, 0.15) is 28.5 Å². The molecule has 0 bridgehead atoms. The predicted octanol–water partition coefficient (Wildman–Crippen LogP) is 3.23. The molecule has 24 heavy (non-hydrogen) atoms. The van der Waals surface area contributed by atoms with Crippen molar-refractivity contribution >= 4 is 17.7 Å². The molecule has 1 atom stereocenters. The molecule has 1 aliphatic rings. The molecule has 5 nitrogen and oxygen atoms in total. The number of hydrogen-bond donors (Lipinski definition) is 1. The van der Waals surface area contributed by atoms with Crippen LogP contribution in [0.4, 0.5) is 0 Å².